The van der Waals surface area contributed by atoms with Crippen molar-refractivity contribution < 1.29 is 5.11 Å². The minimum absolute atomic E-state index is 0.109. The van der Waals surface area contributed by atoms with Gasteiger partial charge in [0, 0.05) is 23.8 Å². The lowest BCUT2D eigenvalue weighted by molar-refractivity contribution is 0.143. The Kier molecular flexibility index (Phi) is 3.39. The van der Waals surface area contributed by atoms with Crippen molar-refractivity contribution in [3.05, 3.63) is 36.3 Å². The van der Waals surface area contributed by atoms with Gasteiger partial charge < -0.3 is 21.1 Å². The molecule has 0 atom stereocenters. The third-order valence-electron chi connectivity index (χ3n) is 3.07. The molecule has 116 valence electrons. The molecule has 5 N–H and O–H groups in total. The molecule has 0 bridgehead atoms. The van der Waals surface area contributed by atoms with Gasteiger partial charge in [-0.2, -0.15) is 9.97 Å². The van der Waals surface area contributed by atoms with Crippen molar-refractivity contribution in [2.45, 2.75) is 19.4 Å². The Labute approximate surface area is 133 Å². The maximum atomic E-state index is 9.69. The smallest absolute Gasteiger partial charge is 0.223 e. The molecule has 0 amide bonds. The summed E-state index contributed by atoms with van der Waals surface area (Å²) >= 11 is 0. The van der Waals surface area contributed by atoms with Crippen LogP contribution in [-0.4, -0.2) is 30.2 Å². The van der Waals surface area contributed by atoms with E-state index in [0.717, 1.165) is 10.9 Å². The third kappa shape index (κ3) is 3.22. The van der Waals surface area contributed by atoms with Crippen LogP contribution in [0.1, 0.15) is 19.5 Å². The second kappa shape index (κ2) is 5.26. The molecular weight excluding hydrogens is 292 g/mol. The standard InChI is InChI=1S/C16H16N6O/c1-16(2,23)5-3-11-7-12-10(9-19-11)4-6-22(12)14-8-13(17)20-15(18)21-14/h4,6-9,23H,1-2H3,(H4,17,18,20,21). The number of pyridine rings is 1. The third-order valence-corrected chi connectivity index (χ3v) is 3.07. The van der Waals surface area contributed by atoms with Crippen molar-refractivity contribution in [2.24, 2.45) is 0 Å². The lowest BCUT2D eigenvalue weighted by atomic mass is 10.1. The fraction of sp³-hybridized carbons (Fsp3) is 0.188. The van der Waals surface area contributed by atoms with Gasteiger partial charge in [-0.15, -0.1) is 0 Å². The van der Waals surface area contributed by atoms with Crippen molar-refractivity contribution in [1.82, 2.24) is 19.5 Å². The normalized spacial score (nSPS) is 11.3. The highest BCUT2D eigenvalue weighted by molar-refractivity contribution is 5.82. The Morgan fingerprint density at radius 1 is 1.22 bits per heavy atom. The number of nitrogens with two attached hydrogens (primary N) is 2. The second-order valence-electron chi connectivity index (χ2n) is 5.63. The molecule has 0 spiro atoms. The molecule has 0 saturated heterocycles. The lowest BCUT2D eigenvalue weighted by Gasteiger charge is -2.07. The zero-order valence-corrected chi connectivity index (χ0v) is 12.8. The number of rotatable bonds is 1. The number of nitrogen functional groups attached to an aromatic ring is 2. The van der Waals surface area contributed by atoms with E-state index in [1.54, 1.807) is 26.1 Å². The van der Waals surface area contributed by atoms with Gasteiger partial charge in [-0.3, -0.25) is 0 Å². The zero-order valence-electron chi connectivity index (χ0n) is 12.8. The molecule has 0 aliphatic carbocycles. The van der Waals surface area contributed by atoms with Gasteiger partial charge in [0.05, 0.1) is 5.52 Å². The maximum Gasteiger partial charge on any atom is 0.223 e. The van der Waals surface area contributed by atoms with Crippen LogP contribution in [0.4, 0.5) is 11.8 Å². The summed E-state index contributed by atoms with van der Waals surface area (Å²) in [6.45, 7) is 3.24. The largest absolute Gasteiger partial charge is 0.383 e. The van der Waals surface area contributed by atoms with E-state index in [-0.39, 0.29) is 5.95 Å². The van der Waals surface area contributed by atoms with E-state index in [1.165, 1.54) is 0 Å². The molecule has 3 heterocycles. The van der Waals surface area contributed by atoms with Gasteiger partial charge in [-0.1, -0.05) is 5.92 Å². The van der Waals surface area contributed by atoms with E-state index in [1.807, 2.05) is 22.9 Å². The summed E-state index contributed by atoms with van der Waals surface area (Å²) in [5.41, 5.74) is 11.7. The summed E-state index contributed by atoms with van der Waals surface area (Å²) in [4.78, 5) is 12.3. The fourth-order valence-corrected chi connectivity index (χ4v) is 2.11. The number of fused-ring (bicyclic) bond motifs is 1. The molecule has 0 radical (unpaired) electrons. The number of nitrogens with zero attached hydrogens (tertiary/aromatic N) is 4. The van der Waals surface area contributed by atoms with E-state index in [0.29, 0.717) is 17.3 Å². The van der Waals surface area contributed by atoms with Gasteiger partial charge in [-0.05, 0) is 31.9 Å². The van der Waals surface area contributed by atoms with Crippen molar-refractivity contribution in [1.29, 1.82) is 0 Å². The van der Waals surface area contributed by atoms with Crippen molar-refractivity contribution in [2.75, 3.05) is 11.5 Å². The lowest BCUT2D eigenvalue weighted by Crippen LogP contribution is -2.14. The molecule has 0 unspecified atom stereocenters. The second-order valence-corrected chi connectivity index (χ2v) is 5.63. The quantitative estimate of drug-likeness (QED) is 0.580. The van der Waals surface area contributed by atoms with Crippen LogP contribution < -0.4 is 11.5 Å². The highest BCUT2D eigenvalue weighted by Crippen LogP contribution is 2.20. The van der Waals surface area contributed by atoms with Gasteiger partial charge in [0.15, 0.2) is 0 Å². The molecule has 3 aromatic heterocycles. The van der Waals surface area contributed by atoms with Gasteiger partial charge in [0.2, 0.25) is 5.95 Å². The monoisotopic (exact) mass is 308 g/mol. The molecule has 23 heavy (non-hydrogen) atoms. The van der Waals surface area contributed by atoms with E-state index in [9.17, 15) is 5.11 Å². The van der Waals surface area contributed by atoms with Crippen LogP contribution in [0.15, 0.2) is 30.6 Å². The van der Waals surface area contributed by atoms with Gasteiger partial charge in [0.1, 0.15) is 22.9 Å². The SMILES string of the molecule is CC(C)(O)C#Cc1cc2c(ccn2-c2cc(N)nc(N)n2)cn1. The van der Waals surface area contributed by atoms with Crippen LogP contribution in [0.25, 0.3) is 16.7 Å². The average molecular weight is 308 g/mol. The Morgan fingerprint density at radius 2 is 2.00 bits per heavy atom. The summed E-state index contributed by atoms with van der Waals surface area (Å²) in [6.07, 6.45) is 3.56. The first-order valence-electron chi connectivity index (χ1n) is 6.95. The summed E-state index contributed by atoms with van der Waals surface area (Å²) in [6, 6.07) is 5.37. The Hall–Kier alpha value is -3.11. The highest BCUT2D eigenvalue weighted by atomic mass is 16.3. The number of aromatic nitrogens is 4. The topological polar surface area (TPSA) is 116 Å². The molecular formula is C16H16N6O. The van der Waals surface area contributed by atoms with Crippen molar-refractivity contribution in [3.8, 4) is 17.7 Å². The van der Waals surface area contributed by atoms with E-state index in [4.69, 9.17) is 11.5 Å². The van der Waals surface area contributed by atoms with Crippen LogP contribution in [0.3, 0.4) is 0 Å². The fourth-order valence-electron chi connectivity index (χ4n) is 2.11. The van der Waals surface area contributed by atoms with Gasteiger partial charge in [0.25, 0.3) is 0 Å². The molecule has 0 aliphatic heterocycles. The van der Waals surface area contributed by atoms with Crippen LogP contribution in [0, 0.1) is 11.8 Å². The average Bonchev–Trinajstić information content (AvgIpc) is 2.86. The Bertz CT molecular complexity index is 922. The summed E-state index contributed by atoms with van der Waals surface area (Å²) in [5, 5.41) is 10.6. The minimum Gasteiger partial charge on any atom is -0.383 e. The molecule has 7 heteroatoms. The first-order valence-corrected chi connectivity index (χ1v) is 6.95. The molecule has 0 aromatic carbocycles. The summed E-state index contributed by atoms with van der Waals surface area (Å²) in [5.74, 6) is 6.58. The minimum atomic E-state index is -1.08. The van der Waals surface area contributed by atoms with E-state index >= 15 is 0 Å². The van der Waals surface area contributed by atoms with Gasteiger partial charge in [-0.25, -0.2) is 4.98 Å². The molecule has 0 aliphatic rings. The van der Waals surface area contributed by atoms with Crippen molar-refractivity contribution in [3.63, 3.8) is 0 Å². The first kappa shape index (κ1) is 14.8. The first-order chi connectivity index (χ1) is 10.8. The maximum absolute atomic E-state index is 9.69. The summed E-state index contributed by atoms with van der Waals surface area (Å²) in [7, 11) is 0. The van der Waals surface area contributed by atoms with E-state index < -0.39 is 5.60 Å². The van der Waals surface area contributed by atoms with Crippen LogP contribution in [-0.2, 0) is 0 Å². The molecule has 3 aromatic rings. The van der Waals surface area contributed by atoms with Crippen LogP contribution >= 0.6 is 0 Å². The summed E-state index contributed by atoms with van der Waals surface area (Å²) < 4.78 is 1.83. The predicted octanol–water partition coefficient (Wildman–Crippen LogP) is 1.10. The Balaban J connectivity index is 2.13. The van der Waals surface area contributed by atoms with Crippen molar-refractivity contribution >= 4 is 22.7 Å². The van der Waals surface area contributed by atoms with Gasteiger partial charge >= 0.3 is 0 Å². The van der Waals surface area contributed by atoms with Crippen LogP contribution in [0.2, 0.25) is 0 Å². The molecule has 3 rings (SSSR count). The predicted molar refractivity (Wildman–Crippen MR) is 88.7 cm³/mol. The molecule has 0 saturated carbocycles. The highest BCUT2D eigenvalue weighted by Gasteiger charge is 2.09. The number of anilines is 2. The number of hydrogen-bond acceptors (Lipinski definition) is 6. The zero-order chi connectivity index (χ0) is 16.6. The number of hydrogen-bond donors (Lipinski definition) is 3. The van der Waals surface area contributed by atoms with E-state index in [2.05, 4.69) is 26.8 Å². The molecule has 7 nitrogen and oxygen atoms in total. The number of aliphatic hydroxyl groups is 1. The Morgan fingerprint density at radius 3 is 2.70 bits per heavy atom. The van der Waals surface area contributed by atoms with Crippen LogP contribution in [0.5, 0.6) is 0 Å². The molecule has 0 fully saturated rings.